The van der Waals surface area contributed by atoms with Crippen molar-refractivity contribution in [3.63, 3.8) is 0 Å². The van der Waals surface area contributed by atoms with Crippen molar-refractivity contribution in [2.75, 3.05) is 11.9 Å². The molecule has 0 spiro atoms. The number of rotatable bonds is 10. The van der Waals surface area contributed by atoms with Gasteiger partial charge < -0.3 is 16.0 Å². The van der Waals surface area contributed by atoms with Crippen molar-refractivity contribution in [3.05, 3.63) is 30.3 Å². The second-order valence-electron chi connectivity index (χ2n) is 7.13. The predicted molar refractivity (Wildman–Crippen MR) is 103 cm³/mol. The van der Waals surface area contributed by atoms with E-state index in [2.05, 4.69) is 22.0 Å². The number of carbonyl (C=O) groups excluding carboxylic acids is 2. The molecule has 2 atom stereocenters. The molecule has 2 amide bonds. The maximum Gasteiger partial charge on any atom is 0.246 e. The number of benzene rings is 1. The molecule has 26 heavy (non-hydrogen) atoms. The van der Waals surface area contributed by atoms with Crippen LogP contribution in [0.5, 0.6) is 0 Å². The van der Waals surface area contributed by atoms with E-state index in [1.165, 1.54) is 0 Å². The zero-order chi connectivity index (χ0) is 19.5. The van der Waals surface area contributed by atoms with Gasteiger partial charge in [0.05, 0.1) is 12.1 Å². The smallest absolute Gasteiger partial charge is 0.246 e. The first-order valence-electron chi connectivity index (χ1n) is 9.11. The van der Waals surface area contributed by atoms with Gasteiger partial charge in [-0.2, -0.15) is 5.26 Å². The maximum absolute atomic E-state index is 12.7. The lowest BCUT2D eigenvalue weighted by Crippen LogP contribution is -2.53. The number of anilines is 1. The number of hydrogen-bond acceptors (Lipinski definition) is 4. The zero-order valence-electron chi connectivity index (χ0n) is 16.1. The Hall–Kier alpha value is -2.39. The van der Waals surface area contributed by atoms with E-state index in [-0.39, 0.29) is 23.7 Å². The van der Waals surface area contributed by atoms with Gasteiger partial charge in [-0.15, -0.1) is 0 Å². The van der Waals surface area contributed by atoms with Crippen LogP contribution < -0.4 is 16.0 Å². The summed E-state index contributed by atoms with van der Waals surface area (Å²) in [4.78, 5) is 25.3. The molecule has 0 saturated heterocycles. The Morgan fingerprint density at radius 2 is 1.73 bits per heavy atom. The van der Waals surface area contributed by atoms with E-state index in [4.69, 9.17) is 5.26 Å². The second-order valence-corrected chi connectivity index (χ2v) is 7.13. The van der Waals surface area contributed by atoms with E-state index in [1.54, 1.807) is 0 Å². The molecule has 0 heterocycles. The van der Waals surface area contributed by atoms with Crippen LogP contribution in [0, 0.1) is 23.2 Å². The van der Waals surface area contributed by atoms with Gasteiger partial charge in [0.25, 0.3) is 0 Å². The molecule has 6 nitrogen and oxygen atoms in total. The molecule has 1 aromatic carbocycles. The molecule has 0 radical (unpaired) electrons. The molecule has 142 valence electrons. The van der Waals surface area contributed by atoms with Gasteiger partial charge in [-0.3, -0.25) is 9.59 Å². The highest BCUT2D eigenvalue weighted by atomic mass is 16.2. The van der Waals surface area contributed by atoms with Crippen molar-refractivity contribution in [2.45, 2.75) is 52.6 Å². The normalized spacial score (nSPS) is 13.1. The van der Waals surface area contributed by atoms with Crippen molar-refractivity contribution < 1.29 is 9.59 Å². The van der Waals surface area contributed by atoms with Gasteiger partial charge in [-0.1, -0.05) is 45.9 Å². The summed E-state index contributed by atoms with van der Waals surface area (Å²) in [7, 11) is 0. The third kappa shape index (κ3) is 7.66. The Kier molecular flexibility index (Phi) is 9.38. The Balaban J connectivity index is 2.79. The molecule has 1 rings (SSSR count). The van der Waals surface area contributed by atoms with E-state index >= 15 is 0 Å². The SMILES string of the molecule is CC(C)C[C@H](NC(=O)[C@H](NCCC#N)C(C)C)C(=O)Nc1ccccc1. The zero-order valence-corrected chi connectivity index (χ0v) is 16.1. The predicted octanol–water partition coefficient (Wildman–Crippen LogP) is 2.68. The molecular formula is C20H30N4O2. The van der Waals surface area contributed by atoms with Crippen LogP contribution >= 0.6 is 0 Å². The van der Waals surface area contributed by atoms with Gasteiger partial charge >= 0.3 is 0 Å². The van der Waals surface area contributed by atoms with E-state index in [0.717, 1.165) is 0 Å². The van der Waals surface area contributed by atoms with Crippen molar-refractivity contribution in [1.82, 2.24) is 10.6 Å². The highest BCUT2D eigenvalue weighted by molar-refractivity contribution is 5.97. The molecule has 0 bridgehead atoms. The molecule has 1 aromatic rings. The Morgan fingerprint density at radius 1 is 1.08 bits per heavy atom. The van der Waals surface area contributed by atoms with Crippen LogP contribution in [-0.2, 0) is 9.59 Å². The number of nitriles is 1. The number of carbonyl (C=O) groups is 2. The summed E-state index contributed by atoms with van der Waals surface area (Å²) >= 11 is 0. The van der Waals surface area contributed by atoms with E-state index in [9.17, 15) is 9.59 Å². The fraction of sp³-hybridized carbons (Fsp3) is 0.550. The van der Waals surface area contributed by atoms with Crippen molar-refractivity contribution in [1.29, 1.82) is 5.26 Å². The summed E-state index contributed by atoms with van der Waals surface area (Å²) in [5, 5.41) is 17.5. The Morgan fingerprint density at radius 3 is 2.27 bits per heavy atom. The van der Waals surface area contributed by atoms with Crippen LogP contribution in [0.15, 0.2) is 30.3 Å². The monoisotopic (exact) mass is 358 g/mol. The lowest BCUT2D eigenvalue weighted by molar-refractivity contribution is -0.129. The van der Waals surface area contributed by atoms with Crippen molar-refractivity contribution in [2.24, 2.45) is 11.8 Å². The molecule has 6 heteroatoms. The summed E-state index contributed by atoms with van der Waals surface area (Å²) in [6.07, 6.45) is 0.883. The third-order valence-corrected chi connectivity index (χ3v) is 3.93. The maximum atomic E-state index is 12.7. The highest BCUT2D eigenvalue weighted by Crippen LogP contribution is 2.11. The fourth-order valence-corrected chi connectivity index (χ4v) is 2.63. The summed E-state index contributed by atoms with van der Waals surface area (Å²) in [5.74, 6) is -0.138. The average Bonchev–Trinajstić information content (AvgIpc) is 2.58. The number of para-hydroxylation sites is 1. The lowest BCUT2D eigenvalue weighted by atomic mass is 10.00. The van der Waals surface area contributed by atoms with E-state index < -0.39 is 12.1 Å². The Labute approximate surface area is 156 Å². The number of nitrogens with zero attached hydrogens (tertiary/aromatic N) is 1. The molecule has 0 unspecified atom stereocenters. The van der Waals surface area contributed by atoms with Gasteiger partial charge in [0, 0.05) is 18.7 Å². The van der Waals surface area contributed by atoms with Gasteiger partial charge in [0.2, 0.25) is 11.8 Å². The second kappa shape index (κ2) is 11.3. The van der Waals surface area contributed by atoms with Gasteiger partial charge in [-0.05, 0) is 30.4 Å². The number of nitrogens with one attached hydrogen (secondary N) is 3. The van der Waals surface area contributed by atoms with Crippen LogP contribution in [0.2, 0.25) is 0 Å². The van der Waals surface area contributed by atoms with Gasteiger partial charge in [-0.25, -0.2) is 0 Å². The molecule has 0 saturated carbocycles. The van der Waals surface area contributed by atoms with E-state index in [0.29, 0.717) is 25.1 Å². The molecule has 0 fully saturated rings. The first-order valence-corrected chi connectivity index (χ1v) is 9.11. The number of hydrogen-bond donors (Lipinski definition) is 3. The standard InChI is InChI=1S/C20H30N4O2/c1-14(2)13-17(19(25)23-16-9-6-5-7-10-16)24-20(26)18(15(3)4)22-12-8-11-21/h5-7,9-10,14-15,17-18,22H,8,12-13H2,1-4H3,(H,23,25)(H,24,26)/t17-,18+/m0/s1. The van der Waals surface area contributed by atoms with Crippen LogP contribution in [0.1, 0.15) is 40.5 Å². The minimum atomic E-state index is -0.610. The first-order chi connectivity index (χ1) is 12.3. The summed E-state index contributed by atoms with van der Waals surface area (Å²) in [5.41, 5.74) is 0.702. The molecule has 0 aliphatic rings. The van der Waals surface area contributed by atoms with Crippen LogP contribution in [0.4, 0.5) is 5.69 Å². The minimum Gasteiger partial charge on any atom is -0.343 e. The molecule has 3 N–H and O–H groups in total. The van der Waals surface area contributed by atoms with E-state index in [1.807, 2.05) is 58.0 Å². The number of amides is 2. The summed E-state index contributed by atoms with van der Waals surface area (Å²) in [6.45, 7) is 8.34. The Bertz CT molecular complexity index is 608. The van der Waals surface area contributed by atoms with Gasteiger partial charge in [0.1, 0.15) is 6.04 Å². The molecule has 0 aliphatic carbocycles. The highest BCUT2D eigenvalue weighted by Gasteiger charge is 2.27. The topological polar surface area (TPSA) is 94.0 Å². The van der Waals surface area contributed by atoms with Crippen LogP contribution in [0.25, 0.3) is 0 Å². The van der Waals surface area contributed by atoms with Crippen molar-refractivity contribution >= 4 is 17.5 Å². The molecular weight excluding hydrogens is 328 g/mol. The van der Waals surface area contributed by atoms with Crippen LogP contribution in [-0.4, -0.2) is 30.4 Å². The van der Waals surface area contributed by atoms with Crippen LogP contribution in [0.3, 0.4) is 0 Å². The fourth-order valence-electron chi connectivity index (χ4n) is 2.63. The quantitative estimate of drug-likeness (QED) is 0.561. The first kappa shape index (κ1) is 21.7. The van der Waals surface area contributed by atoms with Crippen molar-refractivity contribution in [3.8, 4) is 6.07 Å². The average molecular weight is 358 g/mol. The molecule has 0 aliphatic heterocycles. The minimum absolute atomic E-state index is 0.0468. The third-order valence-electron chi connectivity index (χ3n) is 3.93. The largest absolute Gasteiger partial charge is 0.343 e. The summed E-state index contributed by atoms with van der Waals surface area (Å²) < 4.78 is 0. The van der Waals surface area contributed by atoms with Gasteiger partial charge in [0.15, 0.2) is 0 Å². The molecule has 0 aromatic heterocycles. The lowest BCUT2D eigenvalue weighted by Gasteiger charge is -2.26. The summed E-state index contributed by atoms with van der Waals surface area (Å²) in [6, 6.07) is 10.2.